The fraction of sp³-hybridized carbons (Fsp3) is 0.600. The van der Waals surface area contributed by atoms with Crippen LogP contribution in [0.5, 0.6) is 0 Å². The van der Waals surface area contributed by atoms with E-state index in [1.165, 1.54) is 5.57 Å². The Morgan fingerprint density at radius 2 is 1.94 bits per heavy atom. The molecule has 0 bridgehead atoms. The van der Waals surface area contributed by atoms with Gasteiger partial charge in [-0.3, -0.25) is 4.79 Å². The maximum absolute atomic E-state index is 12.5. The molecular formula is C30H45NO4. The van der Waals surface area contributed by atoms with Crippen molar-refractivity contribution in [2.45, 2.75) is 92.6 Å². The van der Waals surface area contributed by atoms with Crippen LogP contribution in [0.4, 0.5) is 0 Å². The molecule has 2 atom stereocenters. The number of esters is 1. The summed E-state index contributed by atoms with van der Waals surface area (Å²) < 4.78 is 5.20. The molecular weight excluding hydrogens is 438 g/mol. The molecule has 0 radical (unpaired) electrons. The molecule has 2 heterocycles. The quantitative estimate of drug-likeness (QED) is 0.164. The van der Waals surface area contributed by atoms with Crippen LogP contribution in [0, 0.1) is 11.8 Å². The van der Waals surface area contributed by atoms with Crippen LogP contribution in [0.3, 0.4) is 0 Å². The lowest BCUT2D eigenvalue weighted by Crippen LogP contribution is -2.28. The number of carbonyl (C=O) groups excluding carboxylic acids is 2. The van der Waals surface area contributed by atoms with Gasteiger partial charge in [-0.1, -0.05) is 62.3 Å². The van der Waals surface area contributed by atoms with Gasteiger partial charge in [-0.05, 0) is 71.1 Å². The summed E-state index contributed by atoms with van der Waals surface area (Å²) in [7, 11) is 0. The van der Waals surface area contributed by atoms with Gasteiger partial charge in [0, 0.05) is 25.1 Å². The van der Waals surface area contributed by atoms with E-state index in [2.05, 4.69) is 58.1 Å². The molecule has 0 aromatic rings. The molecule has 2 aliphatic rings. The second-order valence-electron chi connectivity index (χ2n) is 10.6. The predicted molar refractivity (Wildman–Crippen MR) is 143 cm³/mol. The van der Waals surface area contributed by atoms with E-state index < -0.39 is 12.1 Å². The minimum atomic E-state index is -0.531. The number of carbonyl (C=O) groups is 2. The second-order valence-corrected chi connectivity index (χ2v) is 10.6. The minimum absolute atomic E-state index is 0.0661. The van der Waals surface area contributed by atoms with E-state index >= 15 is 0 Å². The topological polar surface area (TPSA) is 66.8 Å². The SMILES string of the molecule is CC1=C(O)[C@H](C/C(C)=C\CC[C@H](C)/C=C/C=C(\C)CCCC2=CCN(CCC(C)C)C2=O)OC1=O. The molecule has 194 valence electrons. The first-order valence-electron chi connectivity index (χ1n) is 13.2. The first-order chi connectivity index (χ1) is 16.6. The molecule has 0 saturated carbocycles. The number of ether oxygens (including phenoxy) is 1. The van der Waals surface area contributed by atoms with Gasteiger partial charge in [-0.15, -0.1) is 0 Å². The van der Waals surface area contributed by atoms with Gasteiger partial charge in [0.1, 0.15) is 5.76 Å². The summed E-state index contributed by atoms with van der Waals surface area (Å²) in [5.74, 6) is 0.962. The lowest BCUT2D eigenvalue weighted by molar-refractivity contribution is -0.140. The van der Waals surface area contributed by atoms with Crippen LogP contribution < -0.4 is 0 Å². The van der Waals surface area contributed by atoms with Gasteiger partial charge < -0.3 is 14.7 Å². The molecule has 0 aromatic carbocycles. The van der Waals surface area contributed by atoms with Gasteiger partial charge in [-0.2, -0.15) is 0 Å². The van der Waals surface area contributed by atoms with Crippen LogP contribution in [0.15, 0.2) is 58.4 Å². The van der Waals surface area contributed by atoms with E-state index in [1.807, 2.05) is 11.8 Å². The standard InChI is InChI=1S/C30H45NO4/c1-21(2)16-18-31-19-17-26(29(31)33)15-9-13-23(4)11-7-10-22(3)12-8-14-24(5)20-27-28(32)25(6)30(34)35-27/h7,10-11,14,17,21-22,27,32H,8-9,12-13,15-16,18-20H2,1-6H3/b10-7+,23-11+,24-14-/t22-,27+/m1/s1. The summed E-state index contributed by atoms with van der Waals surface area (Å²) in [6, 6.07) is 0. The number of cyclic esters (lactones) is 1. The zero-order chi connectivity index (χ0) is 26.0. The summed E-state index contributed by atoms with van der Waals surface area (Å²) >= 11 is 0. The Morgan fingerprint density at radius 1 is 1.20 bits per heavy atom. The fourth-order valence-corrected chi connectivity index (χ4v) is 4.28. The highest BCUT2D eigenvalue weighted by Gasteiger charge is 2.31. The molecule has 5 heteroatoms. The number of aliphatic hydroxyl groups excluding tert-OH is 1. The highest BCUT2D eigenvalue weighted by molar-refractivity contribution is 5.95. The van der Waals surface area contributed by atoms with Crippen molar-refractivity contribution in [1.29, 1.82) is 0 Å². The Bertz CT molecular complexity index is 903. The molecule has 0 spiro atoms. The molecule has 1 amide bonds. The summed E-state index contributed by atoms with van der Waals surface area (Å²) in [5.41, 5.74) is 3.76. The van der Waals surface area contributed by atoms with E-state index in [4.69, 9.17) is 4.74 Å². The molecule has 2 rings (SSSR count). The Balaban J connectivity index is 1.64. The van der Waals surface area contributed by atoms with E-state index in [-0.39, 0.29) is 11.7 Å². The van der Waals surface area contributed by atoms with Crippen LogP contribution in [0.1, 0.15) is 86.5 Å². The van der Waals surface area contributed by atoms with E-state index in [9.17, 15) is 14.7 Å². The Labute approximate surface area is 212 Å². The maximum Gasteiger partial charge on any atom is 0.338 e. The van der Waals surface area contributed by atoms with Crippen LogP contribution in [0.25, 0.3) is 0 Å². The third-order valence-corrected chi connectivity index (χ3v) is 6.80. The third-order valence-electron chi connectivity index (χ3n) is 6.80. The Morgan fingerprint density at radius 3 is 2.60 bits per heavy atom. The van der Waals surface area contributed by atoms with Gasteiger partial charge in [0.25, 0.3) is 0 Å². The minimum Gasteiger partial charge on any atom is -0.508 e. The lowest BCUT2D eigenvalue weighted by atomic mass is 10.0. The molecule has 0 aliphatic carbocycles. The molecule has 0 aromatic heterocycles. The number of hydrogen-bond acceptors (Lipinski definition) is 4. The smallest absolute Gasteiger partial charge is 0.338 e. The van der Waals surface area contributed by atoms with Gasteiger partial charge in [0.15, 0.2) is 6.10 Å². The number of nitrogens with zero attached hydrogens (tertiary/aromatic N) is 1. The van der Waals surface area contributed by atoms with Crippen molar-refractivity contribution in [2.24, 2.45) is 11.8 Å². The van der Waals surface area contributed by atoms with Crippen LogP contribution in [-0.4, -0.2) is 41.1 Å². The maximum atomic E-state index is 12.5. The van der Waals surface area contributed by atoms with Crippen molar-refractivity contribution < 1.29 is 19.4 Å². The summed E-state index contributed by atoms with van der Waals surface area (Å²) in [4.78, 5) is 26.0. The number of rotatable bonds is 14. The van der Waals surface area contributed by atoms with Gasteiger partial charge >= 0.3 is 5.97 Å². The Kier molecular flexibility index (Phi) is 11.6. The van der Waals surface area contributed by atoms with E-state index in [0.29, 0.717) is 23.8 Å². The molecule has 5 nitrogen and oxygen atoms in total. The van der Waals surface area contributed by atoms with E-state index in [0.717, 1.165) is 62.8 Å². The lowest BCUT2D eigenvalue weighted by Gasteiger charge is -2.17. The molecule has 1 N–H and O–H groups in total. The third kappa shape index (κ3) is 9.54. The predicted octanol–water partition coefficient (Wildman–Crippen LogP) is 6.98. The zero-order valence-electron chi connectivity index (χ0n) is 22.6. The fourth-order valence-electron chi connectivity index (χ4n) is 4.28. The van der Waals surface area contributed by atoms with Crippen molar-refractivity contribution in [3.8, 4) is 0 Å². The van der Waals surface area contributed by atoms with Crippen molar-refractivity contribution in [3.05, 3.63) is 58.4 Å². The molecule has 0 fully saturated rings. The molecule has 0 unspecified atom stereocenters. The van der Waals surface area contributed by atoms with Gasteiger partial charge in [0.05, 0.1) is 5.57 Å². The van der Waals surface area contributed by atoms with Crippen molar-refractivity contribution in [2.75, 3.05) is 13.1 Å². The molecule has 2 aliphatic heterocycles. The number of amides is 1. The van der Waals surface area contributed by atoms with Crippen LogP contribution in [0.2, 0.25) is 0 Å². The molecule has 0 saturated heterocycles. The van der Waals surface area contributed by atoms with Crippen molar-refractivity contribution >= 4 is 11.9 Å². The highest BCUT2D eigenvalue weighted by atomic mass is 16.6. The number of aliphatic hydroxyl groups is 1. The first-order valence-corrected chi connectivity index (χ1v) is 13.2. The van der Waals surface area contributed by atoms with Gasteiger partial charge in [0.2, 0.25) is 5.91 Å². The average molecular weight is 484 g/mol. The largest absolute Gasteiger partial charge is 0.508 e. The number of allylic oxidation sites excluding steroid dienone is 5. The van der Waals surface area contributed by atoms with Gasteiger partial charge in [-0.25, -0.2) is 4.79 Å². The monoisotopic (exact) mass is 483 g/mol. The summed E-state index contributed by atoms with van der Waals surface area (Å²) in [5, 5.41) is 9.97. The van der Waals surface area contributed by atoms with Crippen molar-refractivity contribution in [1.82, 2.24) is 4.90 Å². The van der Waals surface area contributed by atoms with E-state index in [1.54, 1.807) is 6.92 Å². The average Bonchev–Trinajstić information content (AvgIpc) is 3.26. The second kappa shape index (κ2) is 14.1. The number of hydrogen-bond donors (Lipinski definition) is 1. The summed E-state index contributed by atoms with van der Waals surface area (Å²) in [6.45, 7) is 14.0. The first kappa shape index (κ1) is 28.7. The van der Waals surface area contributed by atoms with Crippen LogP contribution >= 0.6 is 0 Å². The van der Waals surface area contributed by atoms with Crippen molar-refractivity contribution in [3.63, 3.8) is 0 Å². The Hall–Kier alpha value is -2.56. The highest BCUT2D eigenvalue weighted by Crippen LogP contribution is 2.25. The molecule has 35 heavy (non-hydrogen) atoms. The summed E-state index contributed by atoms with van der Waals surface area (Å²) in [6.07, 6.45) is 16.8. The zero-order valence-corrected chi connectivity index (χ0v) is 22.6. The van der Waals surface area contributed by atoms with Crippen LogP contribution in [-0.2, 0) is 14.3 Å². The normalized spacial score (nSPS) is 20.5.